The molecule has 0 spiro atoms. The smallest absolute Gasteiger partial charge is 0.115 e. The summed E-state index contributed by atoms with van der Waals surface area (Å²) in [4.78, 5) is 8.17. The fourth-order valence-corrected chi connectivity index (χ4v) is 2.12. The Morgan fingerprint density at radius 1 is 1.17 bits per heavy atom. The minimum absolute atomic E-state index is 0.256. The summed E-state index contributed by atoms with van der Waals surface area (Å²) in [6.45, 7) is 4.28. The lowest BCUT2D eigenvalue weighted by molar-refractivity contribution is 0.585. The van der Waals surface area contributed by atoms with E-state index in [1.165, 1.54) is 16.7 Å². The Hall–Kier alpha value is -1.74. The highest BCUT2D eigenvalue weighted by Gasteiger charge is 2.12. The summed E-state index contributed by atoms with van der Waals surface area (Å²) in [5.41, 5.74) is 5.13. The normalized spacial score (nSPS) is 12.4. The number of aromatic nitrogens is 2. The van der Waals surface area contributed by atoms with Crippen LogP contribution in [0.3, 0.4) is 0 Å². The van der Waals surface area contributed by atoms with E-state index < -0.39 is 0 Å². The molecule has 0 aliphatic rings. The standard InChI is InChI=1S/C15H19N3/c1-11-4-5-12(2)13(6-11)7-15(16-3)14-8-17-10-18-9-14/h4-6,8-10,15-16H,7H2,1-3H3. The second-order valence-corrected chi connectivity index (χ2v) is 4.65. The van der Waals surface area contributed by atoms with E-state index in [9.17, 15) is 0 Å². The Morgan fingerprint density at radius 3 is 2.56 bits per heavy atom. The van der Waals surface area contributed by atoms with E-state index in [1.54, 1.807) is 6.33 Å². The van der Waals surface area contributed by atoms with Crippen molar-refractivity contribution in [3.05, 3.63) is 59.2 Å². The molecular weight excluding hydrogens is 222 g/mol. The third-order valence-electron chi connectivity index (χ3n) is 3.26. The first-order chi connectivity index (χ1) is 8.70. The van der Waals surface area contributed by atoms with Crippen LogP contribution in [0.25, 0.3) is 0 Å². The molecule has 1 N–H and O–H groups in total. The summed E-state index contributed by atoms with van der Waals surface area (Å²) in [5.74, 6) is 0. The van der Waals surface area contributed by atoms with Crippen molar-refractivity contribution in [2.75, 3.05) is 7.05 Å². The first-order valence-electron chi connectivity index (χ1n) is 6.19. The molecule has 94 valence electrons. The molecule has 0 bridgehead atoms. The zero-order chi connectivity index (χ0) is 13.0. The van der Waals surface area contributed by atoms with Crippen LogP contribution in [0.5, 0.6) is 0 Å². The van der Waals surface area contributed by atoms with Gasteiger partial charge in [-0.25, -0.2) is 9.97 Å². The van der Waals surface area contributed by atoms with E-state index >= 15 is 0 Å². The molecule has 0 radical (unpaired) electrons. The van der Waals surface area contributed by atoms with Crippen molar-refractivity contribution in [2.45, 2.75) is 26.3 Å². The molecule has 0 fully saturated rings. The number of rotatable bonds is 4. The minimum atomic E-state index is 0.256. The SMILES string of the molecule is CNC(Cc1cc(C)ccc1C)c1cncnc1. The molecule has 1 heterocycles. The van der Waals surface area contributed by atoms with Gasteiger partial charge in [0.05, 0.1) is 0 Å². The van der Waals surface area contributed by atoms with Crippen LogP contribution in [-0.4, -0.2) is 17.0 Å². The Bertz CT molecular complexity index is 508. The molecule has 2 aromatic rings. The van der Waals surface area contributed by atoms with Gasteiger partial charge in [-0.1, -0.05) is 23.8 Å². The fraction of sp³-hybridized carbons (Fsp3) is 0.333. The highest BCUT2D eigenvalue weighted by atomic mass is 14.9. The average molecular weight is 241 g/mol. The Morgan fingerprint density at radius 2 is 1.89 bits per heavy atom. The maximum absolute atomic E-state index is 4.08. The molecule has 0 aliphatic heterocycles. The Labute approximate surface area is 108 Å². The summed E-state index contributed by atoms with van der Waals surface area (Å²) in [7, 11) is 1.97. The number of benzene rings is 1. The predicted molar refractivity (Wildman–Crippen MR) is 73.5 cm³/mol. The maximum atomic E-state index is 4.08. The van der Waals surface area contributed by atoms with Gasteiger partial charge in [0.1, 0.15) is 6.33 Å². The van der Waals surface area contributed by atoms with Crippen LogP contribution in [0, 0.1) is 13.8 Å². The lowest BCUT2D eigenvalue weighted by Gasteiger charge is -2.17. The van der Waals surface area contributed by atoms with Gasteiger partial charge in [-0.2, -0.15) is 0 Å². The van der Waals surface area contributed by atoms with E-state index in [-0.39, 0.29) is 6.04 Å². The minimum Gasteiger partial charge on any atom is -0.313 e. The van der Waals surface area contributed by atoms with Gasteiger partial charge in [0.2, 0.25) is 0 Å². The molecule has 2 rings (SSSR count). The van der Waals surface area contributed by atoms with E-state index in [0.717, 1.165) is 12.0 Å². The van der Waals surface area contributed by atoms with Crippen molar-refractivity contribution in [3.63, 3.8) is 0 Å². The van der Waals surface area contributed by atoms with Gasteiger partial charge in [0.15, 0.2) is 0 Å². The molecular formula is C15H19N3. The van der Waals surface area contributed by atoms with Crippen LogP contribution in [0.15, 0.2) is 36.9 Å². The van der Waals surface area contributed by atoms with Gasteiger partial charge in [0.25, 0.3) is 0 Å². The molecule has 0 saturated heterocycles. The van der Waals surface area contributed by atoms with E-state index in [1.807, 2.05) is 19.4 Å². The number of hydrogen-bond donors (Lipinski definition) is 1. The number of aryl methyl sites for hydroxylation is 2. The van der Waals surface area contributed by atoms with Crippen molar-refractivity contribution < 1.29 is 0 Å². The van der Waals surface area contributed by atoms with Crippen molar-refractivity contribution >= 4 is 0 Å². The number of nitrogens with one attached hydrogen (secondary N) is 1. The highest BCUT2D eigenvalue weighted by Crippen LogP contribution is 2.20. The summed E-state index contributed by atoms with van der Waals surface area (Å²) in [6, 6.07) is 6.84. The van der Waals surface area contributed by atoms with Gasteiger partial charge in [-0.15, -0.1) is 0 Å². The highest BCUT2D eigenvalue weighted by molar-refractivity contribution is 5.32. The van der Waals surface area contributed by atoms with Crippen LogP contribution in [0.4, 0.5) is 0 Å². The van der Waals surface area contributed by atoms with Gasteiger partial charge >= 0.3 is 0 Å². The quantitative estimate of drug-likeness (QED) is 0.894. The first-order valence-corrected chi connectivity index (χ1v) is 6.19. The largest absolute Gasteiger partial charge is 0.313 e. The van der Waals surface area contributed by atoms with Crippen LogP contribution >= 0.6 is 0 Å². The van der Waals surface area contributed by atoms with Gasteiger partial charge in [-0.05, 0) is 38.4 Å². The van der Waals surface area contributed by atoms with Gasteiger partial charge < -0.3 is 5.32 Å². The first kappa shape index (κ1) is 12.7. The lowest BCUT2D eigenvalue weighted by atomic mass is 9.96. The van der Waals surface area contributed by atoms with Crippen LogP contribution < -0.4 is 5.32 Å². The zero-order valence-corrected chi connectivity index (χ0v) is 11.1. The summed E-state index contributed by atoms with van der Waals surface area (Å²) in [5, 5.41) is 3.33. The topological polar surface area (TPSA) is 37.8 Å². The molecule has 1 aromatic carbocycles. The molecule has 1 aromatic heterocycles. The van der Waals surface area contributed by atoms with Crippen LogP contribution in [0.2, 0.25) is 0 Å². The molecule has 18 heavy (non-hydrogen) atoms. The Kier molecular flexibility index (Phi) is 4.05. The van der Waals surface area contributed by atoms with Crippen LogP contribution in [-0.2, 0) is 6.42 Å². The third kappa shape index (κ3) is 2.93. The summed E-state index contributed by atoms with van der Waals surface area (Å²) < 4.78 is 0. The lowest BCUT2D eigenvalue weighted by Crippen LogP contribution is -2.19. The maximum Gasteiger partial charge on any atom is 0.115 e. The summed E-state index contributed by atoms with van der Waals surface area (Å²) >= 11 is 0. The van der Waals surface area contributed by atoms with E-state index in [0.29, 0.717) is 0 Å². The van der Waals surface area contributed by atoms with Gasteiger partial charge in [0, 0.05) is 24.0 Å². The zero-order valence-electron chi connectivity index (χ0n) is 11.1. The van der Waals surface area contributed by atoms with Crippen molar-refractivity contribution in [1.29, 1.82) is 0 Å². The number of hydrogen-bond acceptors (Lipinski definition) is 3. The second-order valence-electron chi connectivity index (χ2n) is 4.65. The average Bonchev–Trinajstić information content (AvgIpc) is 2.41. The van der Waals surface area contributed by atoms with Crippen molar-refractivity contribution in [1.82, 2.24) is 15.3 Å². The third-order valence-corrected chi connectivity index (χ3v) is 3.26. The van der Waals surface area contributed by atoms with Gasteiger partial charge in [-0.3, -0.25) is 0 Å². The predicted octanol–water partition coefficient (Wildman–Crippen LogP) is 2.60. The Balaban J connectivity index is 2.23. The fourth-order valence-electron chi connectivity index (χ4n) is 2.12. The molecule has 1 unspecified atom stereocenters. The molecule has 3 nitrogen and oxygen atoms in total. The molecule has 0 aliphatic carbocycles. The van der Waals surface area contributed by atoms with E-state index in [2.05, 4.69) is 47.3 Å². The summed E-state index contributed by atoms with van der Waals surface area (Å²) in [6.07, 6.45) is 6.27. The van der Waals surface area contributed by atoms with E-state index in [4.69, 9.17) is 0 Å². The molecule has 0 saturated carbocycles. The molecule has 0 amide bonds. The number of likely N-dealkylation sites (N-methyl/N-ethyl adjacent to an activating group) is 1. The van der Waals surface area contributed by atoms with Crippen molar-refractivity contribution in [3.8, 4) is 0 Å². The van der Waals surface area contributed by atoms with Crippen molar-refractivity contribution in [2.24, 2.45) is 0 Å². The number of nitrogens with zero attached hydrogens (tertiary/aromatic N) is 2. The molecule has 1 atom stereocenters. The molecule has 3 heteroatoms. The van der Waals surface area contributed by atoms with Crippen LogP contribution in [0.1, 0.15) is 28.3 Å². The monoisotopic (exact) mass is 241 g/mol. The second kappa shape index (κ2) is 5.74.